The van der Waals surface area contributed by atoms with Crippen molar-refractivity contribution in [3.05, 3.63) is 54.1 Å². The van der Waals surface area contributed by atoms with Crippen LogP contribution >= 0.6 is 0 Å². The topological polar surface area (TPSA) is 96.5 Å². The zero-order valence-corrected chi connectivity index (χ0v) is 15.7. The van der Waals surface area contributed by atoms with Crippen molar-refractivity contribution in [1.29, 1.82) is 0 Å². The monoisotopic (exact) mass is 381 g/mol. The van der Waals surface area contributed by atoms with E-state index < -0.39 is 0 Å². The summed E-state index contributed by atoms with van der Waals surface area (Å²) in [5.41, 5.74) is 1.69. The minimum Gasteiger partial charge on any atom is -0.494 e. The predicted octanol–water partition coefficient (Wildman–Crippen LogP) is 2.80. The molecule has 7 heteroatoms. The molecule has 1 fully saturated rings. The zero-order valence-electron chi connectivity index (χ0n) is 15.7. The summed E-state index contributed by atoms with van der Waals surface area (Å²) in [4.78, 5) is 35.9. The summed E-state index contributed by atoms with van der Waals surface area (Å²) in [5.74, 6) is 0.179. The highest BCUT2D eigenvalue weighted by Gasteiger charge is 2.29. The Morgan fingerprint density at radius 1 is 0.929 bits per heavy atom. The third kappa shape index (κ3) is 5.57. The third-order valence-corrected chi connectivity index (χ3v) is 4.22. The maximum absolute atomic E-state index is 12.2. The second-order valence-corrected chi connectivity index (χ2v) is 6.53. The molecule has 0 bridgehead atoms. The fraction of sp³-hybridized carbons (Fsp3) is 0.286. The molecule has 28 heavy (non-hydrogen) atoms. The van der Waals surface area contributed by atoms with Gasteiger partial charge in [0.05, 0.1) is 13.2 Å². The highest BCUT2D eigenvalue weighted by Crippen LogP contribution is 2.30. The molecule has 2 aromatic carbocycles. The van der Waals surface area contributed by atoms with Crippen molar-refractivity contribution in [1.82, 2.24) is 5.32 Å². The van der Waals surface area contributed by atoms with Crippen LogP contribution in [-0.4, -0.2) is 30.9 Å². The molecule has 3 rings (SSSR count). The average molecular weight is 381 g/mol. The highest BCUT2D eigenvalue weighted by molar-refractivity contribution is 6.00. The summed E-state index contributed by atoms with van der Waals surface area (Å²) < 4.78 is 5.35. The Bertz CT molecular complexity index is 843. The van der Waals surface area contributed by atoms with Gasteiger partial charge in [-0.1, -0.05) is 0 Å². The number of hydrogen-bond acceptors (Lipinski definition) is 4. The van der Waals surface area contributed by atoms with E-state index in [1.54, 1.807) is 48.5 Å². The van der Waals surface area contributed by atoms with E-state index in [-0.39, 0.29) is 30.2 Å². The predicted molar refractivity (Wildman–Crippen MR) is 106 cm³/mol. The number of rotatable bonds is 8. The first-order valence-electron chi connectivity index (χ1n) is 9.27. The molecule has 1 aliphatic rings. The molecule has 1 saturated carbocycles. The van der Waals surface area contributed by atoms with Gasteiger partial charge in [-0.2, -0.15) is 0 Å². The third-order valence-electron chi connectivity index (χ3n) is 4.22. The molecule has 3 N–H and O–H groups in total. The van der Waals surface area contributed by atoms with Crippen LogP contribution in [0, 0.1) is 5.92 Å². The molecular weight excluding hydrogens is 358 g/mol. The lowest BCUT2D eigenvalue weighted by atomic mass is 10.2. The van der Waals surface area contributed by atoms with Crippen molar-refractivity contribution in [3.63, 3.8) is 0 Å². The molecule has 0 radical (unpaired) electrons. The van der Waals surface area contributed by atoms with Gasteiger partial charge >= 0.3 is 0 Å². The molecule has 0 aliphatic heterocycles. The van der Waals surface area contributed by atoms with Crippen molar-refractivity contribution in [2.45, 2.75) is 19.8 Å². The fourth-order valence-corrected chi connectivity index (χ4v) is 2.56. The molecule has 7 nitrogen and oxygen atoms in total. The molecule has 0 atom stereocenters. The molecule has 3 amide bonds. The first-order valence-corrected chi connectivity index (χ1v) is 9.27. The Balaban J connectivity index is 1.44. The molecule has 2 aromatic rings. The second kappa shape index (κ2) is 9.03. The van der Waals surface area contributed by atoms with E-state index in [2.05, 4.69) is 16.0 Å². The van der Waals surface area contributed by atoms with E-state index in [0.29, 0.717) is 23.5 Å². The van der Waals surface area contributed by atoms with E-state index in [1.807, 2.05) is 6.92 Å². The van der Waals surface area contributed by atoms with E-state index >= 15 is 0 Å². The van der Waals surface area contributed by atoms with Crippen LogP contribution < -0.4 is 20.7 Å². The number of anilines is 2. The summed E-state index contributed by atoms with van der Waals surface area (Å²) in [6, 6.07) is 13.6. The summed E-state index contributed by atoms with van der Waals surface area (Å²) in [5, 5.41) is 8.10. The summed E-state index contributed by atoms with van der Waals surface area (Å²) in [6.45, 7) is 2.33. The van der Waals surface area contributed by atoms with E-state index in [1.165, 1.54) is 0 Å². The number of hydrogen-bond donors (Lipinski definition) is 3. The van der Waals surface area contributed by atoms with Gasteiger partial charge in [0.15, 0.2) is 0 Å². The molecular formula is C21H23N3O4. The molecule has 1 aliphatic carbocycles. The maximum atomic E-state index is 12.2. The largest absolute Gasteiger partial charge is 0.494 e. The smallest absolute Gasteiger partial charge is 0.251 e. The van der Waals surface area contributed by atoms with E-state index in [9.17, 15) is 14.4 Å². The Morgan fingerprint density at radius 2 is 1.54 bits per heavy atom. The average Bonchev–Trinajstić information content (AvgIpc) is 3.54. The number of amides is 3. The lowest BCUT2D eigenvalue weighted by Gasteiger charge is -2.09. The molecule has 0 saturated heterocycles. The standard InChI is InChI=1S/C21H23N3O4/c1-2-28-18-11-9-16(10-12-18)23-19(25)13-22-20(26)14-5-7-17(8-6-14)24-21(27)15-3-4-15/h5-12,15H,2-4,13H2,1H3,(H,22,26)(H,23,25)(H,24,27). The van der Waals surface area contributed by atoms with Crippen LogP contribution in [0.1, 0.15) is 30.1 Å². The zero-order chi connectivity index (χ0) is 19.9. The Hall–Kier alpha value is -3.35. The van der Waals surface area contributed by atoms with Gasteiger partial charge < -0.3 is 20.7 Å². The van der Waals surface area contributed by atoms with Gasteiger partial charge in [0.2, 0.25) is 11.8 Å². The Kier molecular flexibility index (Phi) is 6.26. The van der Waals surface area contributed by atoms with Gasteiger partial charge in [-0.25, -0.2) is 0 Å². The number of carbonyl (C=O) groups is 3. The number of carbonyl (C=O) groups excluding carboxylic acids is 3. The summed E-state index contributed by atoms with van der Waals surface area (Å²) in [7, 11) is 0. The molecule has 0 aromatic heterocycles. The van der Waals surface area contributed by atoms with Gasteiger partial charge in [-0.3, -0.25) is 14.4 Å². The van der Waals surface area contributed by atoms with Gasteiger partial charge in [-0.05, 0) is 68.3 Å². The van der Waals surface area contributed by atoms with Gasteiger partial charge in [-0.15, -0.1) is 0 Å². The number of ether oxygens (including phenoxy) is 1. The van der Waals surface area contributed by atoms with Crippen LogP contribution in [0.5, 0.6) is 5.75 Å². The fourth-order valence-electron chi connectivity index (χ4n) is 2.56. The van der Waals surface area contributed by atoms with Crippen molar-refractivity contribution >= 4 is 29.1 Å². The minimum absolute atomic E-state index is 0.0168. The Morgan fingerprint density at radius 3 is 2.14 bits per heavy atom. The van der Waals surface area contributed by atoms with Crippen LogP contribution in [0.25, 0.3) is 0 Å². The molecule has 0 unspecified atom stereocenters. The first-order chi connectivity index (χ1) is 13.5. The lowest BCUT2D eigenvalue weighted by Crippen LogP contribution is -2.32. The van der Waals surface area contributed by atoms with Crippen LogP contribution in [0.4, 0.5) is 11.4 Å². The summed E-state index contributed by atoms with van der Waals surface area (Å²) >= 11 is 0. The quantitative estimate of drug-likeness (QED) is 0.655. The molecule has 0 heterocycles. The number of benzene rings is 2. The Labute approximate surface area is 163 Å². The maximum Gasteiger partial charge on any atom is 0.251 e. The number of nitrogens with one attached hydrogen (secondary N) is 3. The first kappa shape index (κ1) is 19.4. The van der Waals surface area contributed by atoms with Gasteiger partial charge in [0, 0.05) is 22.9 Å². The van der Waals surface area contributed by atoms with Crippen molar-refractivity contribution < 1.29 is 19.1 Å². The molecule has 0 spiro atoms. The highest BCUT2D eigenvalue weighted by atomic mass is 16.5. The van der Waals surface area contributed by atoms with E-state index in [4.69, 9.17) is 4.74 Å². The van der Waals surface area contributed by atoms with E-state index in [0.717, 1.165) is 18.6 Å². The normalized spacial score (nSPS) is 12.8. The van der Waals surface area contributed by atoms with Crippen molar-refractivity contribution in [2.24, 2.45) is 5.92 Å². The van der Waals surface area contributed by atoms with Gasteiger partial charge in [0.1, 0.15) is 5.75 Å². The van der Waals surface area contributed by atoms with Crippen molar-refractivity contribution in [2.75, 3.05) is 23.8 Å². The van der Waals surface area contributed by atoms with Gasteiger partial charge in [0.25, 0.3) is 5.91 Å². The van der Waals surface area contributed by atoms with Crippen LogP contribution in [0.3, 0.4) is 0 Å². The van der Waals surface area contributed by atoms with Crippen LogP contribution in [-0.2, 0) is 9.59 Å². The van der Waals surface area contributed by atoms with Crippen LogP contribution in [0.2, 0.25) is 0 Å². The molecule has 146 valence electrons. The SMILES string of the molecule is CCOc1ccc(NC(=O)CNC(=O)c2ccc(NC(=O)C3CC3)cc2)cc1. The van der Waals surface area contributed by atoms with Crippen molar-refractivity contribution in [3.8, 4) is 5.75 Å². The lowest BCUT2D eigenvalue weighted by molar-refractivity contribution is -0.117. The minimum atomic E-state index is -0.359. The summed E-state index contributed by atoms with van der Waals surface area (Å²) in [6.07, 6.45) is 1.87. The second-order valence-electron chi connectivity index (χ2n) is 6.53. The van der Waals surface area contributed by atoms with Crippen LogP contribution in [0.15, 0.2) is 48.5 Å².